The van der Waals surface area contributed by atoms with E-state index in [1.807, 2.05) is 19.9 Å². The van der Waals surface area contributed by atoms with Crippen LogP contribution in [0.1, 0.15) is 28.1 Å². The zero-order valence-corrected chi connectivity index (χ0v) is 10.9. The van der Waals surface area contributed by atoms with Gasteiger partial charge in [-0.2, -0.15) is 0 Å². The van der Waals surface area contributed by atoms with Crippen LogP contribution in [0.25, 0.3) is 0 Å². The third kappa shape index (κ3) is 2.76. The van der Waals surface area contributed by atoms with Crippen LogP contribution in [-0.4, -0.2) is 5.16 Å². The van der Waals surface area contributed by atoms with Crippen molar-refractivity contribution in [3.63, 3.8) is 0 Å². The van der Waals surface area contributed by atoms with E-state index in [9.17, 15) is 4.39 Å². The van der Waals surface area contributed by atoms with Crippen LogP contribution in [0.2, 0.25) is 0 Å². The Labute approximate surface area is 106 Å². The number of nitrogens with one attached hydrogen (secondary N) is 1. The number of halogens is 1. The standard InChI is InChI=1S/C14H17FN2O/c1-9-4-5-12(6-14(9)15)7-16-8-13-10(2)17-18-11(13)3/h4-6,16H,7-8H2,1-3H3. The van der Waals surface area contributed by atoms with E-state index in [0.717, 1.165) is 22.6 Å². The van der Waals surface area contributed by atoms with Crippen molar-refractivity contribution in [2.75, 3.05) is 0 Å². The van der Waals surface area contributed by atoms with Crippen molar-refractivity contribution in [2.24, 2.45) is 0 Å². The van der Waals surface area contributed by atoms with E-state index in [1.54, 1.807) is 19.1 Å². The minimum Gasteiger partial charge on any atom is -0.361 e. The second kappa shape index (κ2) is 5.31. The molecule has 0 saturated carbocycles. The van der Waals surface area contributed by atoms with Crippen LogP contribution in [0.4, 0.5) is 4.39 Å². The summed E-state index contributed by atoms with van der Waals surface area (Å²) in [5.41, 5.74) is 3.58. The molecule has 4 heteroatoms. The van der Waals surface area contributed by atoms with Crippen LogP contribution >= 0.6 is 0 Å². The molecule has 96 valence electrons. The van der Waals surface area contributed by atoms with Gasteiger partial charge in [0, 0.05) is 18.7 Å². The molecule has 0 spiro atoms. The normalized spacial score (nSPS) is 10.9. The maximum atomic E-state index is 13.4. The molecule has 2 aromatic rings. The topological polar surface area (TPSA) is 38.1 Å². The highest BCUT2D eigenvalue weighted by molar-refractivity contribution is 5.24. The summed E-state index contributed by atoms with van der Waals surface area (Å²) in [6.07, 6.45) is 0. The van der Waals surface area contributed by atoms with Gasteiger partial charge >= 0.3 is 0 Å². The average molecular weight is 248 g/mol. The van der Waals surface area contributed by atoms with Gasteiger partial charge in [-0.3, -0.25) is 0 Å². The number of benzene rings is 1. The molecule has 1 aromatic heterocycles. The number of aryl methyl sites for hydroxylation is 3. The molecule has 1 heterocycles. The third-order valence-corrected chi connectivity index (χ3v) is 3.05. The number of hydrogen-bond donors (Lipinski definition) is 1. The van der Waals surface area contributed by atoms with Crippen molar-refractivity contribution in [1.29, 1.82) is 0 Å². The van der Waals surface area contributed by atoms with Crippen molar-refractivity contribution >= 4 is 0 Å². The molecule has 0 saturated heterocycles. The fraction of sp³-hybridized carbons (Fsp3) is 0.357. The zero-order chi connectivity index (χ0) is 13.1. The summed E-state index contributed by atoms with van der Waals surface area (Å²) in [6, 6.07) is 5.29. The van der Waals surface area contributed by atoms with Gasteiger partial charge in [-0.15, -0.1) is 0 Å². The SMILES string of the molecule is Cc1ccc(CNCc2c(C)noc2C)cc1F. The second-order valence-corrected chi connectivity index (χ2v) is 4.49. The average Bonchev–Trinajstić information content (AvgIpc) is 2.65. The molecule has 0 aliphatic carbocycles. The van der Waals surface area contributed by atoms with Gasteiger partial charge in [0.1, 0.15) is 11.6 Å². The minimum absolute atomic E-state index is 0.161. The largest absolute Gasteiger partial charge is 0.361 e. The fourth-order valence-electron chi connectivity index (χ4n) is 1.83. The first-order valence-corrected chi connectivity index (χ1v) is 5.95. The van der Waals surface area contributed by atoms with E-state index in [0.29, 0.717) is 18.7 Å². The van der Waals surface area contributed by atoms with Crippen molar-refractivity contribution in [3.05, 3.63) is 52.2 Å². The molecule has 0 unspecified atom stereocenters. The van der Waals surface area contributed by atoms with Gasteiger partial charge < -0.3 is 9.84 Å². The highest BCUT2D eigenvalue weighted by Gasteiger charge is 2.08. The van der Waals surface area contributed by atoms with Gasteiger partial charge in [-0.25, -0.2) is 4.39 Å². The molecule has 0 bridgehead atoms. The molecule has 0 aliphatic rings. The first kappa shape index (κ1) is 12.8. The van der Waals surface area contributed by atoms with E-state index >= 15 is 0 Å². The Morgan fingerprint density at radius 2 is 2.00 bits per heavy atom. The predicted molar refractivity (Wildman–Crippen MR) is 67.7 cm³/mol. The van der Waals surface area contributed by atoms with Crippen LogP contribution in [0.3, 0.4) is 0 Å². The molecule has 0 radical (unpaired) electrons. The molecule has 1 N–H and O–H groups in total. The van der Waals surface area contributed by atoms with Gasteiger partial charge in [0.15, 0.2) is 0 Å². The van der Waals surface area contributed by atoms with Gasteiger partial charge in [-0.05, 0) is 38.0 Å². The van der Waals surface area contributed by atoms with Crippen molar-refractivity contribution in [1.82, 2.24) is 10.5 Å². The van der Waals surface area contributed by atoms with E-state index in [-0.39, 0.29) is 5.82 Å². The summed E-state index contributed by atoms with van der Waals surface area (Å²) in [4.78, 5) is 0. The third-order valence-electron chi connectivity index (χ3n) is 3.05. The van der Waals surface area contributed by atoms with Gasteiger partial charge in [-0.1, -0.05) is 17.3 Å². The smallest absolute Gasteiger partial charge is 0.138 e. The Hall–Kier alpha value is -1.68. The Balaban J connectivity index is 1.94. The number of hydrogen-bond acceptors (Lipinski definition) is 3. The van der Waals surface area contributed by atoms with Gasteiger partial charge in [0.25, 0.3) is 0 Å². The molecule has 18 heavy (non-hydrogen) atoms. The quantitative estimate of drug-likeness (QED) is 0.903. The second-order valence-electron chi connectivity index (χ2n) is 4.49. The molecular weight excluding hydrogens is 231 g/mol. The highest BCUT2D eigenvalue weighted by Crippen LogP contribution is 2.12. The lowest BCUT2D eigenvalue weighted by Gasteiger charge is -2.06. The van der Waals surface area contributed by atoms with Crippen LogP contribution in [-0.2, 0) is 13.1 Å². The Morgan fingerprint density at radius 3 is 2.61 bits per heavy atom. The number of nitrogens with zero attached hydrogens (tertiary/aromatic N) is 1. The van der Waals surface area contributed by atoms with Crippen LogP contribution in [0.5, 0.6) is 0 Å². The van der Waals surface area contributed by atoms with Crippen molar-refractivity contribution in [2.45, 2.75) is 33.9 Å². The van der Waals surface area contributed by atoms with Gasteiger partial charge in [0.05, 0.1) is 5.69 Å². The zero-order valence-electron chi connectivity index (χ0n) is 10.9. The van der Waals surface area contributed by atoms with Crippen molar-refractivity contribution in [3.8, 4) is 0 Å². The lowest BCUT2D eigenvalue weighted by atomic mass is 10.1. The predicted octanol–water partition coefficient (Wildman–Crippen LogP) is 3.03. The molecule has 0 amide bonds. The van der Waals surface area contributed by atoms with E-state index < -0.39 is 0 Å². The molecule has 0 aliphatic heterocycles. The summed E-state index contributed by atoms with van der Waals surface area (Å²) < 4.78 is 18.4. The maximum Gasteiger partial charge on any atom is 0.138 e. The Morgan fingerprint density at radius 1 is 1.22 bits per heavy atom. The first-order chi connectivity index (χ1) is 8.58. The molecule has 0 fully saturated rings. The molecule has 1 aromatic carbocycles. The summed E-state index contributed by atoms with van der Waals surface area (Å²) in [6.45, 7) is 6.87. The van der Waals surface area contributed by atoms with Crippen LogP contribution in [0.15, 0.2) is 22.7 Å². The minimum atomic E-state index is -0.161. The first-order valence-electron chi connectivity index (χ1n) is 5.95. The van der Waals surface area contributed by atoms with Crippen LogP contribution < -0.4 is 5.32 Å². The number of aromatic nitrogens is 1. The molecule has 3 nitrogen and oxygen atoms in total. The molecule has 0 atom stereocenters. The highest BCUT2D eigenvalue weighted by atomic mass is 19.1. The lowest BCUT2D eigenvalue weighted by molar-refractivity contribution is 0.392. The Bertz CT molecular complexity index is 529. The van der Waals surface area contributed by atoms with Crippen LogP contribution in [0, 0.1) is 26.6 Å². The number of rotatable bonds is 4. The molecular formula is C14H17FN2O. The van der Waals surface area contributed by atoms with E-state index in [4.69, 9.17) is 4.52 Å². The monoisotopic (exact) mass is 248 g/mol. The maximum absolute atomic E-state index is 13.4. The van der Waals surface area contributed by atoms with Crippen molar-refractivity contribution < 1.29 is 8.91 Å². The van der Waals surface area contributed by atoms with Gasteiger partial charge in [0.2, 0.25) is 0 Å². The summed E-state index contributed by atoms with van der Waals surface area (Å²) in [5, 5.41) is 7.16. The summed E-state index contributed by atoms with van der Waals surface area (Å²) in [5.74, 6) is 0.668. The molecule has 2 rings (SSSR count). The fourth-order valence-corrected chi connectivity index (χ4v) is 1.83. The summed E-state index contributed by atoms with van der Waals surface area (Å²) in [7, 11) is 0. The van der Waals surface area contributed by atoms with E-state index in [2.05, 4.69) is 10.5 Å². The summed E-state index contributed by atoms with van der Waals surface area (Å²) >= 11 is 0. The Kier molecular flexibility index (Phi) is 3.77. The lowest BCUT2D eigenvalue weighted by Crippen LogP contribution is -2.13. The van der Waals surface area contributed by atoms with E-state index in [1.165, 1.54) is 0 Å².